The Labute approximate surface area is 250 Å². The van der Waals surface area contributed by atoms with E-state index in [1.54, 1.807) is 32.9 Å². The predicted molar refractivity (Wildman–Crippen MR) is 155 cm³/mol. The van der Waals surface area contributed by atoms with Crippen LogP contribution in [-0.4, -0.2) is 61.7 Å². The van der Waals surface area contributed by atoms with Crippen LogP contribution in [0.3, 0.4) is 0 Å². The molecule has 42 heavy (non-hydrogen) atoms. The van der Waals surface area contributed by atoms with Crippen LogP contribution < -0.4 is 21.2 Å². The Hall–Kier alpha value is -3.45. The van der Waals surface area contributed by atoms with Gasteiger partial charge in [0, 0.05) is 43.7 Å². The molecule has 15 heteroatoms. The zero-order valence-electron chi connectivity index (χ0n) is 23.8. The fourth-order valence-corrected chi connectivity index (χ4v) is 5.09. The lowest BCUT2D eigenvalue weighted by Gasteiger charge is -2.42. The van der Waals surface area contributed by atoms with E-state index in [1.807, 2.05) is 0 Å². The molecule has 1 fully saturated rings. The van der Waals surface area contributed by atoms with Crippen LogP contribution in [0, 0.1) is 11.8 Å². The van der Waals surface area contributed by atoms with Gasteiger partial charge in [0.1, 0.15) is 21.9 Å². The third-order valence-electron chi connectivity index (χ3n) is 6.88. The second-order valence-corrected chi connectivity index (χ2v) is 12.0. The standard InChI is InChI=1S/C27H32Cl2F2N6O5/c1-14-12-37(25(40)42-26(2,3)4)13-15(27(14,30)31)7-6-8-41-19-10-16(33-21-17(28)11-32-24(29)35-21)9-18-20(19)36(5)23(39)22(38)34-18/h9-11,14-15H,6-8,12-13H2,1-5H3,(H,34,38)(H,32,33,35)/t14-,15+/m0/s1. The van der Waals surface area contributed by atoms with Gasteiger partial charge in [0.25, 0.3) is 5.92 Å². The van der Waals surface area contributed by atoms with E-state index in [-0.39, 0.29) is 59.9 Å². The molecule has 3 heterocycles. The topological polar surface area (TPSA) is 131 Å². The van der Waals surface area contributed by atoms with Crippen molar-refractivity contribution < 1.29 is 23.0 Å². The molecule has 1 aromatic carbocycles. The van der Waals surface area contributed by atoms with E-state index >= 15 is 8.78 Å². The number of anilines is 2. The number of likely N-dealkylation sites (tertiary alicyclic amines) is 1. The Morgan fingerprint density at radius 3 is 2.64 bits per heavy atom. The summed E-state index contributed by atoms with van der Waals surface area (Å²) >= 11 is 12.1. The number of piperidine rings is 1. The number of nitrogens with zero attached hydrogens (tertiary/aromatic N) is 4. The lowest BCUT2D eigenvalue weighted by molar-refractivity contribution is -0.145. The highest BCUT2D eigenvalue weighted by molar-refractivity contribution is 6.33. The van der Waals surface area contributed by atoms with E-state index in [1.165, 1.54) is 25.1 Å². The molecule has 1 aliphatic heterocycles. The van der Waals surface area contributed by atoms with Crippen LogP contribution in [0.25, 0.3) is 11.0 Å². The van der Waals surface area contributed by atoms with Crippen molar-refractivity contribution in [3.05, 3.63) is 49.3 Å². The van der Waals surface area contributed by atoms with Crippen molar-refractivity contribution in [3.8, 4) is 5.75 Å². The molecule has 4 rings (SSSR count). The lowest BCUT2D eigenvalue weighted by atomic mass is 9.83. The fraction of sp³-hybridized carbons (Fsp3) is 0.519. The van der Waals surface area contributed by atoms with Gasteiger partial charge in [0.05, 0.1) is 18.3 Å². The van der Waals surface area contributed by atoms with Gasteiger partial charge in [-0.25, -0.2) is 18.6 Å². The molecule has 0 radical (unpaired) electrons. The van der Waals surface area contributed by atoms with Gasteiger partial charge in [0.2, 0.25) is 5.28 Å². The highest BCUT2D eigenvalue weighted by atomic mass is 35.5. The van der Waals surface area contributed by atoms with Crippen LogP contribution in [0.1, 0.15) is 40.5 Å². The van der Waals surface area contributed by atoms with Gasteiger partial charge >= 0.3 is 17.2 Å². The number of halogens is 4. The molecule has 2 N–H and O–H groups in total. The average Bonchev–Trinajstić information content (AvgIpc) is 2.88. The molecule has 2 atom stereocenters. The number of alkyl halides is 2. The minimum atomic E-state index is -2.99. The van der Waals surface area contributed by atoms with Gasteiger partial charge in [-0.3, -0.25) is 9.59 Å². The number of amides is 1. The summed E-state index contributed by atoms with van der Waals surface area (Å²) < 4.78 is 42.8. The summed E-state index contributed by atoms with van der Waals surface area (Å²) in [4.78, 5) is 48.9. The second-order valence-electron chi connectivity index (χ2n) is 11.3. The van der Waals surface area contributed by atoms with E-state index in [2.05, 4.69) is 20.3 Å². The van der Waals surface area contributed by atoms with Crippen LogP contribution in [0.15, 0.2) is 27.9 Å². The van der Waals surface area contributed by atoms with Gasteiger partial charge in [-0.05, 0) is 51.3 Å². The molecule has 0 spiro atoms. The monoisotopic (exact) mass is 628 g/mol. The number of nitrogens with one attached hydrogen (secondary N) is 2. The quantitative estimate of drug-likeness (QED) is 0.203. The van der Waals surface area contributed by atoms with Crippen LogP contribution in [-0.2, 0) is 11.8 Å². The molecule has 11 nitrogen and oxygen atoms in total. The maximum Gasteiger partial charge on any atom is 0.410 e. The molecule has 1 amide bonds. The van der Waals surface area contributed by atoms with Crippen molar-refractivity contribution >= 4 is 51.8 Å². The maximum atomic E-state index is 15.1. The molecular formula is C27H32Cl2F2N6O5. The van der Waals surface area contributed by atoms with Gasteiger partial charge in [0.15, 0.2) is 5.82 Å². The molecule has 0 aliphatic carbocycles. The number of ether oxygens (including phenoxy) is 2. The summed E-state index contributed by atoms with van der Waals surface area (Å²) in [6.07, 6.45) is 0.979. The number of benzene rings is 1. The Morgan fingerprint density at radius 2 is 1.95 bits per heavy atom. The number of fused-ring (bicyclic) bond motifs is 1. The molecule has 1 aliphatic rings. The molecule has 0 bridgehead atoms. The first-order valence-electron chi connectivity index (χ1n) is 13.3. The summed E-state index contributed by atoms with van der Waals surface area (Å²) in [6, 6.07) is 3.12. The van der Waals surface area contributed by atoms with Crippen LogP contribution in [0.2, 0.25) is 10.3 Å². The third kappa shape index (κ3) is 6.95. The molecule has 228 valence electrons. The zero-order valence-corrected chi connectivity index (χ0v) is 25.3. The largest absolute Gasteiger partial charge is 0.491 e. The van der Waals surface area contributed by atoms with Crippen molar-refractivity contribution in [2.24, 2.45) is 18.9 Å². The highest BCUT2D eigenvalue weighted by Gasteiger charge is 2.50. The Morgan fingerprint density at radius 1 is 1.24 bits per heavy atom. The van der Waals surface area contributed by atoms with Gasteiger partial charge in [-0.1, -0.05) is 18.5 Å². The predicted octanol–water partition coefficient (Wildman–Crippen LogP) is 5.36. The first-order valence-corrected chi connectivity index (χ1v) is 14.0. The zero-order chi connectivity index (χ0) is 31.0. The summed E-state index contributed by atoms with van der Waals surface area (Å²) in [5, 5.41) is 3.12. The molecule has 0 unspecified atom stereocenters. The highest BCUT2D eigenvalue weighted by Crippen LogP contribution is 2.40. The minimum absolute atomic E-state index is 0.0133. The van der Waals surface area contributed by atoms with E-state index < -0.39 is 40.6 Å². The number of hydrogen-bond acceptors (Lipinski definition) is 8. The minimum Gasteiger partial charge on any atom is -0.491 e. The second kappa shape index (κ2) is 12.0. The Kier molecular flexibility index (Phi) is 9.02. The van der Waals surface area contributed by atoms with Crippen molar-refractivity contribution in [2.75, 3.05) is 25.0 Å². The number of aryl methyl sites for hydroxylation is 1. The number of aromatic nitrogens is 4. The normalized spacial score (nSPS) is 18.6. The van der Waals surface area contributed by atoms with Gasteiger partial charge < -0.3 is 29.2 Å². The number of H-pyrrole nitrogens is 1. The van der Waals surface area contributed by atoms with Crippen molar-refractivity contribution in [2.45, 2.75) is 52.1 Å². The average molecular weight is 629 g/mol. The Bertz CT molecular complexity index is 1610. The summed E-state index contributed by atoms with van der Waals surface area (Å²) in [5.74, 6) is -4.74. The SMILES string of the molecule is C[C@H]1CN(C(=O)OC(C)(C)C)C[C@@H](CCCOc2cc(Nc3nc(Cl)ncc3Cl)cc3[nH]c(=O)c(=O)n(C)c23)C1(F)F. The number of carbonyl (C=O) groups is 1. The fourth-order valence-electron chi connectivity index (χ4n) is 4.82. The number of rotatable bonds is 7. The van der Waals surface area contributed by atoms with Crippen molar-refractivity contribution in [3.63, 3.8) is 0 Å². The summed E-state index contributed by atoms with van der Waals surface area (Å²) in [6.45, 7) is 6.35. The van der Waals surface area contributed by atoms with E-state index in [0.717, 1.165) is 4.57 Å². The van der Waals surface area contributed by atoms with Crippen molar-refractivity contribution in [1.29, 1.82) is 0 Å². The third-order valence-corrected chi connectivity index (χ3v) is 7.34. The smallest absolute Gasteiger partial charge is 0.410 e. The number of hydrogen-bond donors (Lipinski definition) is 2. The maximum absolute atomic E-state index is 15.1. The van der Waals surface area contributed by atoms with Crippen molar-refractivity contribution in [1.82, 2.24) is 24.4 Å². The lowest BCUT2D eigenvalue weighted by Crippen LogP contribution is -2.55. The van der Waals surface area contributed by atoms with Crippen LogP contribution in [0.4, 0.5) is 25.1 Å². The summed E-state index contributed by atoms with van der Waals surface area (Å²) in [7, 11) is 1.43. The Balaban J connectivity index is 1.54. The van der Waals surface area contributed by atoms with Gasteiger partial charge in [-0.2, -0.15) is 4.98 Å². The van der Waals surface area contributed by atoms with Gasteiger partial charge in [-0.15, -0.1) is 0 Å². The first-order chi connectivity index (χ1) is 19.6. The molecule has 3 aromatic rings. The van der Waals surface area contributed by atoms with Crippen LogP contribution in [0.5, 0.6) is 5.75 Å². The van der Waals surface area contributed by atoms with E-state index in [4.69, 9.17) is 32.7 Å². The molecule has 1 saturated heterocycles. The van der Waals surface area contributed by atoms with E-state index in [9.17, 15) is 14.4 Å². The summed E-state index contributed by atoms with van der Waals surface area (Å²) in [5.41, 5.74) is -1.41. The molecule has 0 saturated carbocycles. The number of carbonyl (C=O) groups excluding carboxylic acids is 1. The van der Waals surface area contributed by atoms with Crippen LogP contribution >= 0.6 is 23.2 Å². The molecular weight excluding hydrogens is 597 g/mol. The van der Waals surface area contributed by atoms with E-state index in [0.29, 0.717) is 11.2 Å². The molecule has 2 aromatic heterocycles. The number of aromatic amines is 1. The first kappa shape index (κ1) is 31.5.